The van der Waals surface area contributed by atoms with Gasteiger partial charge >= 0.3 is 0 Å². The first-order valence-electron chi connectivity index (χ1n) is 5.15. The van der Waals surface area contributed by atoms with Gasteiger partial charge in [-0.3, -0.25) is 0 Å². The molecule has 0 saturated heterocycles. The van der Waals surface area contributed by atoms with E-state index in [2.05, 4.69) is 16.9 Å². The average Bonchev–Trinajstić information content (AvgIpc) is 2.18. The molecule has 14 heavy (non-hydrogen) atoms. The molecule has 0 aromatic carbocycles. The van der Waals surface area contributed by atoms with Gasteiger partial charge in [0.15, 0.2) is 5.82 Å². The molecule has 0 N–H and O–H groups in total. The summed E-state index contributed by atoms with van der Waals surface area (Å²) in [7, 11) is 1.68. The number of rotatable bonds is 2. The average molecular weight is 192 g/mol. The van der Waals surface area contributed by atoms with E-state index in [0.29, 0.717) is 6.61 Å². The fraction of sp³-hybridized carbons (Fsp3) is 0.636. The topological polar surface area (TPSA) is 35.0 Å². The molecule has 0 aliphatic heterocycles. The van der Waals surface area contributed by atoms with Crippen LogP contribution in [-0.2, 0) is 24.2 Å². The number of fused-ring (bicyclic) bond motifs is 1. The fourth-order valence-corrected chi connectivity index (χ4v) is 2.04. The standard InChI is InChI=1S/C11H16N2O/c1-8-9-5-3-4-6-10(9)13-11(12-8)7-14-2/h3-7H2,1-2H3. The minimum atomic E-state index is 0.522. The van der Waals surface area contributed by atoms with E-state index in [-0.39, 0.29) is 0 Å². The lowest BCUT2D eigenvalue weighted by atomic mass is 9.95. The Bertz CT molecular complexity index is 336. The predicted molar refractivity (Wildman–Crippen MR) is 54.1 cm³/mol. The maximum Gasteiger partial charge on any atom is 0.154 e. The lowest BCUT2D eigenvalue weighted by molar-refractivity contribution is 0.177. The van der Waals surface area contributed by atoms with Gasteiger partial charge in [-0.1, -0.05) is 0 Å². The van der Waals surface area contributed by atoms with E-state index in [9.17, 15) is 0 Å². The van der Waals surface area contributed by atoms with Crippen LogP contribution < -0.4 is 0 Å². The Balaban J connectivity index is 2.36. The van der Waals surface area contributed by atoms with Crippen LogP contribution in [-0.4, -0.2) is 17.1 Å². The number of aromatic nitrogens is 2. The molecule has 1 aromatic rings. The molecule has 1 aromatic heterocycles. The molecule has 76 valence electrons. The number of ether oxygens (including phenoxy) is 1. The fourth-order valence-electron chi connectivity index (χ4n) is 2.04. The number of hydrogen-bond donors (Lipinski definition) is 0. The Morgan fingerprint density at radius 1 is 1.21 bits per heavy atom. The number of nitrogens with zero attached hydrogens (tertiary/aromatic N) is 2. The lowest BCUT2D eigenvalue weighted by Gasteiger charge is -2.17. The third-order valence-corrected chi connectivity index (χ3v) is 2.71. The second kappa shape index (κ2) is 4.05. The minimum absolute atomic E-state index is 0.522. The van der Waals surface area contributed by atoms with Gasteiger partial charge in [0.05, 0.1) is 0 Å². The third-order valence-electron chi connectivity index (χ3n) is 2.71. The Hall–Kier alpha value is -0.960. The SMILES string of the molecule is COCc1nc(C)c2c(n1)CCCC2. The Morgan fingerprint density at radius 3 is 2.79 bits per heavy atom. The Kier molecular flexibility index (Phi) is 2.77. The first kappa shape index (κ1) is 9.59. The zero-order valence-electron chi connectivity index (χ0n) is 8.84. The molecule has 0 unspecified atom stereocenters. The van der Waals surface area contributed by atoms with Crippen LogP contribution in [0.1, 0.15) is 35.6 Å². The molecule has 0 radical (unpaired) electrons. The summed E-state index contributed by atoms with van der Waals surface area (Å²) in [6, 6.07) is 0. The molecule has 0 fully saturated rings. The summed E-state index contributed by atoms with van der Waals surface area (Å²) in [6.45, 7) is 2.60. The number of aryl methyl sites for hydroxylation is 2. The highest BCUT2D eigenvalue weighted by molar-refractivity contribution is 5.27. The van der Waals surface area contributed by atoms with Crippen LogP contribution in [0, 0.1) is 6.92 Å². The zero-order chi connectivity index (χ0) is 9.97. The molecule has 0 spiro atoms. The van der Waals surface area contributed by atoms with E-state index < -0.39 is 0 Å². The molecule has 3 nitrogen and oxygen atoms in total. The van der Waals surface area contributed by atoms with Crippen LogP contribution >= 0.6 is 0 Å². The normalized spacial score (nSPS) is 15.3. The van der Waals surface area contributed by atoms with Gasteiger partial charge in [-0.05, 0) is 38.2 Å². The second-order valence-electron chi connectivity index (χ2n) is 3.79. The van der Waals surface area contributed by atoms with Crippen LogP contribution in [0.15, 0.2) is 0 Å². The monoisotopic (exact) mass is 192 g/mol. The Labute approximate surface area is 84.5 Å². The molecular weight excluding hydrogens is 176 g/mol. The predicted octanol–water partition coefficient (Wildman–Crippen LogP) is 1.81. The van der Waals surface area contributed by atoms with E-state index in [1.807, 2.05) is 0 Å². The van der Waals surface area contributed by atoms with Crippen molar-refractivity contribution in [2.24, 2.45) is 0 Å². The van der Waals surface area contributed by atoms with Crippen molar-refractivity contribution in [2.45, 2.75) is 39.2 Å². The maximum atomic E-state index is 5.05. The summed E-state index contributed by atoms with van der Waals surface area (Å²) in [5, 5.41) is 0. The molecule has 2 rings (SSSR count). The van der Waals surface area contributed by atoms with Crippen molar-refractivity contribution < 1.29 is 4.74 Å². The quantitative estimate of drug-likeness (QED) is 0.716. The third kappa shape index (κ3) is 1.77. The van der Waals surface area contributed by atoms with E-state index in [1.54, 1.807) is 7.11 Å². The van der Waals surface area contributed by atoms with Gasteiger partial charge in [0.25, 0.3) is 0 Å². The number of methoxy groups -OCH3 is 1. The zero-order valence-corrected chi connectivity index (χ0v) is 8.84. The van der Waals surface area contributed by atoms with Gasteiger partial charge in [0.2, 0.25) is 0 Å². The van der Waals surface area contributed by atoms with Crippen molar-refractivity contribution in [2.75, 3.05) is 7.11 Å². The molecule has 0 bridgehead atoms. The number of hydrogen-bond acceptors (Lipinski definition) is 3. The first-order chi connectivity index (χ1) is 6.81. The van der Waals surface area contributed by atoms with Gasteiger partial charge in [0.1, 0.15) is 6.61 Å². The highest BCUT2D eigenvalue weighted by Gasteiger charge is 2.14. The molecular formula is C11H16N2O. The van der Waals surface area contributed by atoms with Crippen molar-refractivity contribution in [3.8, 4) is 0 Å². The Morgan fingerprint density at radius 2 is 2.00 bits per heavy atom. The minimum Gasteiger partial charge on any atom is -0.377 e. The second-order valence-corrected chi connectivity index (χ2v) is 3.79. The highest BCUT2D eigenvalue weighted by atomic mass is 16.5. The van der Waals surface area contributed by atoms with Gasteiger partial charge in [-0.25, -0.2) is 9.97 Å². The summed E-state index contributed by atoms with van der Waals surface area (Å²) >= 11 is 0. The van der Waals surface area contributed by atoms with E-state index >= 15 is 0 Å². The molecule has 1 heterocycles. The van der Waals surface area contributed by atoms with Crippen molar-refractivity contribution >= 4 is 0 Å². The van der Waals surface area contributed by atoms with E-state index in [1.165, 1.54) is 24.1 Å². The van der Waals surface area contributed by atoms with Gasteiger partial charge in [0, 0.05) is 18.5 Å². The van der Waals surface area contributed by atoms with Crippen LogP contribution in [0.25, 0.3) is 0 Å². The molecule has 0 atom stereocenters. The van der Waals surface area contributed by atoms with Gasteiger partial charge in [-0.2, -0.15) is 0 Å². The van der Waals surface area contributed by atoms with Gasteiger partial charge < -0.3 is 4.74 Å². The van der Waals surface area contributed by atoms with E-state index in [4.69, 9.17) is 4.74 Å². The van der Waals surface area contributed by atoms with Crippen molar-refractivity contribution in [3.63, 3.8) is 0 Å². The summed E-state index contributed by atoms with van der Waals surface area (Å²) < 4.78 is 5.05. The molecule has 1 aliphatic carbocycles. The van der Waals surface area contributed by atoms with Crippen LogP contribution in [0.3, 0.4) is 0 Å². The van der Waals surface area contributed by atoms with Crippen LogP contribution in [0.5, 0.6) is 0 Å². The van der Waals surface area contributed by atoms with Gasteiger partial charge in [-0.15, -0.1) is 0 Å². The summed E-state index contributed by atoms with van der Waals surface area (Å²) in [4.78, 5) is 8.97. The molecule has 0 amide bonds. The summed E-state index contributed by atoms with van der Waals surface area (Å²) in [6.07, 6.45) is 4.79. The van der Waals surface area contributed by atoms with Crippen LogP contribution in [0.2, 0.25) is 0 Å². The largest absolute Gasteiger partial charge is 0.377 e. The molecule has 1 aliphatic rings. The highest BCUT2D eigenvalue weighted by Crippen LogP contribution is 2.21. The van der Waals surface area contributed by atoms with Crippen LogP contribution in [0.4, 0.5) is 0 Å². The van der Waals surface area contributed by atoms with Crippen molar-refractivity contribution in [1.82, 2.24) is 9.97 Å². The van der Waals surface area contributed by atoms with E-state index in [0.717, 1.165) is 24.4 Å². The first-order valence-corrected chi connectivity index (χ1v) is 5.15. The summed E-state index contributed by atoms with van der Waals surface area (Å²) in [5.41, 5.74) is 3.76. The maximum absolute atomic E-state index is 5.05. The smallest absolute Gasteiger partial charge is 0.154 e. The molecule has 0 saturated carbocycles. The summed E-state index contributed by atoms with van der Waals surface area (Å²) in [5.74, 6) is 0.825. The molecule has 3 heteroatoms. The lowest BCUT2D eigenvalue weighted by Crippen LogP contribution is -2.12. The van der Waals surface area contributed by atoms with Crippen molar-refractivity contribution in [1.29, 1.82) is 0 Å². The van der Waals surface area contributed by atoms with Crippen molar-refractivity contribution in [3.05, 3.63) is 22.8 Å².